The molecule has 1 aliphatic heterocycles. The Hall–Kier alpha value is -2.57. The topological polar surface area (TPSA) is 95.9 Å². The third kappa shape index (κ3) is 4.45. The van der Waals surface area contributed by atoms with E-state index < -0.39 is 17.5 Å². The number of fused-ring (bicyclic) bond motifs is 1. The average Bonchev–Trinajstić information content (AvgIpc) is 3.57. The molecule has 3 atom stereocenters. The maximum atomic E-state index is 13.4. The number of para-hydroxylation sites is 1. The lowest BCUT2D eigenvalue weighted by atomic mass is 9.69. The van der Waals surface area contributed by atoms with Gasteiger partial charge in [0, 0.05) is 18.7 Å². The molecule has 1 heterocycles. The van der Waals surface area contributed by atoms with E-state index in [1.807, 2.05) is 38.1 Å². The normalized spacial score (nSPS) is 21.2. The molecule has 7 heteroatoms. The second kappa shape index (κ2) is 9.06. The molecule has 2 aliphatic rings. The van der Waals surface area contributed by atoms with Crippen molar-refractivity contribution >= 4 is 23.7 Å². The molecular formula is C23H32N2O5. The molecule has 1 aromatic rings. The first kappa shape index (κ1) is 22.1. The number of nitrogens with one attached hydrogen (secondary N) is 1. The first-order valence-electron chi connectivity index (χ1n) is 10.8. The number of methoxy groups -OCH3 is 1. The monoisotopic (exact) mass is 416 g/mol. The van der Waals surface area contributed by atoms with Crippen LogP contribution in [0.3, 0.4) is 0 Å². The van der Waals surface area contributed by atoms with Gasteiger partial charge in [-0.15, -0.1) is 0 Å². The number of carbonyl (C=O) groups excluding carboxylic acids is 2. The molecule has 0 spiro atoms. The Morgan fingerprint density at radius 1 is 1.30 bits per heavy atom. The number of carboxylic acids is 1. The highest BCUT2D eigenvalue weighted by atomic mass is 16.5. The van der Waals surface area contributed by atoms with E-state index >= 15 is 0 Å². The number of hydrogen-bond acceptors (Lipinski definition) is 4. The summed E-state index contributed by atoms with van der Waals surface area (Å²) < 4.78 is 4.72. The summed E-state index contributed by atoms with van der Waals surface area (Å²) in [4.78, 5) is 39.1. The van der Waals surface area contributed by atoms with Gasteiger partial charge >= 0.3 is 12.1 Å². The second-order valence-corrected chi connectivity index (χ2v) is 8.72. The number of ether oxygens (including phenoxy) is 1. The van der Waals surface area contributed by atoms with Gasteiger partial charge in [0.05, 0.1) is 18.6 Å². The van der Waals surface area contributed by atoms with Crippen molar-refractivity contribution in [3.05, 3.63) is 29.8 Å². The number of aliphatic carboxylic acids is 1. The minimum absolute atomic E-state index is 0.0922. The third-order valence-corrected chi connectivity index (χ3v) is 6.75. The van der Waals surface area contributed by atoms with Gasteiger partial charge < -0.3 is 20.1 Å². The fourth-order valence-corrected chi connectivity index (χ4v) is 4.80. The molecule has 0 radical (unpaired) electrons. The number of amides is 2. The lowest BCUT2D eigenvalue weighted by molar-refractivity contribution is -0.154. The largest absolute Gasteiger partial charge is 0.481 e. The fraction of sp³-hybridized carbons (Fsp3) is 0.609. The highest BCUT2D eigenvalue weighted by molar-refractivity contribution is 5.95. The van der Waals surface area contributed by atoms with Gasteiger partial charge in [0.1, 0.15) is 0 Å². The molecule has 3 rings (SSSR count). The van der Waals surface area contributed by atoms with Crippen molar-refractivity contribution in [1.82, 2.24) is 5.32 Å². The Balaban J connectivity index is 1.84. The molecule has 2 amide bonds. The number of carbonyl (C=O) groups is 3. The molecule has 1 aliphatic carbocycles. The molecule has 30 heavy (non-hydrogen) atoms. The van der Waals surface area contributed by atoms with Gasteiger partial charge in [0.2, 0.25) is 5.91 Å². The van der Waals surface area contributed by atoms with Crippen LogP contribution in [0.15, 0.2) is 24.3 Å². The summed E-state index contributed by atoms with van der Waals surface area (Å²) in [5.74, 6) is -0.978. The van der Waals surface area contributed by atoms with Crippen LogP contribution in [0.25, 0.3) is 0 Å². The zero-order valence-electron chi connectivity index (χ0n) is 18.0. The Morgan fingerprint density at radius 2 is 2.00 bits per heavy atom. The van der Waals surface area contributed by atoms with Gasteiger partial charge in [0.25, 0.3) is 0 Å². The minimum Gasteiger partial charge on any atom is -0.481 e. The van der Waals surface area contributed by atoms with Crippen LogP contribution in [0, 0.1) is 17.3 Å². The van der Waals surface area contributed by atoms with Crippen molar-refractivity contribution < 1.29 is 24.2 Å². The zero-order valence-corrected chi connectivity index (χ0v) is 18.0. The number of benzene rings is 1. The highest BCUT2D eigenvalue weighted by Crippen LogP contribution is 2.52. The predicted octanol–water partition coefficient (Wildman–Crippen LogP) is 3.61. The quantitative estimate of drug-likeness (QED) is 0.675. The smallest absolute Gasteiger partial charge is 0.407 e. The molecular weight excluding hydrogens is 384 g/mol. The van der Waals surface area contributed by atoms with E-state index in [-0.39, 0.29) is 30.2 Å². The van der Waals surface area contributed by atoms with Gasteiger partial charge in [-0.25, -0.2) is 4.79 Å². The average molecular weight is 417 g/mol. The minimum atomic E-state index is -0.884. The van der Waals surface area contributed by atoms with Crippen LogP contribution in [-0.2, 0) is 20.7 Å². The van der Waals surface area contributed by atoms with Crippen LogP contribution >= 0.6 is 0 Å². The van der Waals surface area contributed by atoms with Crippen LogP contribution in [0.5, 0.6) is 0 Å². The molecule has 1 unspecified atom stereocenters. The SMILES string of the molecule is CCC[C@@H](CC(=O)N1CC(NC(=O)OC)Cc2ccccc21)[C@](C)(C(=O)O)C1CC1. The number of carboxylic acid groups (broad SMARTS) is 1. The van der Waals surface area contributed by atoms with Crippen molar-refractivity contribution in [2.75, 3.05) is 18.6 Å². The lowest BCUT2D eigenvalue weighted by Gasteiger charge is -2.38. The van der Waals surface area contributed by atoms with Gasteiger partial charge in [-0.3, -0.25) is 9.59 Å². The fourth-order valence-electron chi connectivity index (χ4n) is 4.80. The summed E-state index contributed by atoms with van der Waals surface area (Å²) in [6, 6.07) is 7.41. The van der Waals surface area contributed by atoms with Crippen molar-refractivity contribution in [1.29, 1.82) is 0 Å². The van der Waals surface area contributed by atoms with E-state index in [1.165, 1.54) is 7.11 Å². The maximum absolute atomic E-state index is 13.4. The van der Waals surface area contributed by atoms with Crippen LogP contribution in [0.4, 0.5) is 10.5 Å². The van der Waals surface area contributed by atoms with Gasteiger partial charge in [-0.05, 0) is 56.1 Å². The van der Waals surface area contributed by atoms with E-state index in [0.29, 0.717) is 19.4 Å². The zero-order chi connectivity index (χ0) is 21.9. The van der Waals surface area contributed by atoms with Gasteiger partial charge in [0.15, 0.2) is 0 Å². The predicted molar refractivity (Wildman–Crippen MR) is 113 cm³/mol. The van der Waals surface area contributed by atoms with Crippen LogP contribution < -0.4 is 10.2 Å². The Labute approximate surface area is 177 Å². The summed E-state index contributed by atoms with van der Waals surface area (Å²) >= 11 is 0. The molecule has 1 fully saturated rings. The number of alkyl carbamates (subject to hydrolysis) is 1. The molecule has 0 aromatic heterocycles. The Bertz CT molecular complexity index is 807. The van der Waals surface area contributed by atoms with Crippen LogP contribution in [0.1, 0.15) is 51.5 Å². The van der Waals surface area contributed by atoms with Crippen molar-refractivity contribution in [2.45, 2.75) is 58.4 Å². The maximum Gasteiger partial charge on any atom is 0.407 e. The number of nitrogens with zero attached hydrogens (tertiary/aromatic N) is 1. The molecule has 164 valence electrons. The van der Waals surface area contributed by atoms with Crippen molar-refractivity contribution in [3.63, 3.8) is 0 Å². The standard InChI is InChI=1S/C23H32N2O5/c1-4-7-17(23(2,21(27)28)16-10-11-16)13-20(26)25-14-18(24-22(29)30-3)12-15-8-5-6-9-19(15)25/h5-6,8-9,16-18H,4,7,10-14H2,1-3H3,(H,24,29)(H,27,28)/t17-,18?,23+/m0/s1. The molecule has 1 aromatic carbocycles. The van der Waals surface area contributed by atoms with E-state index in [0.717, 1.165) is 30.5 Å². The van der Waals surface area contributed by atoms with Gasteiger partial charge in [-0.2, -0.15) is 0 Å². The first-order chi connectivity index (χ1) is 14.3. The van der Waals surface area contributed by atoms with E-state index in [2.05, 4.69) is 5.32 Å². The van der Waals surface area contributed by atoms with Gasteiger partial charge in [-0.1, -0.05) is 31.5 Å². The van der Waals surface area contributed by atoms with Crippen molar-refractivity contribution in [3.8, 4) is 0 Å². The van der Waals surface area contributed by atoms with E-state index in [9.17, 15) is 19.5 Å². The number of hydrogen-bond donors (Lipinski definition) is 2. The summed E-state index contributed by atoms with van der Waals surface area (Å²) in [5, 5.41) is 12.8. The summed E-state index contributed by atoms with van der Waals surface area (Å²) in [7, 11) is 1.31. The number of anilines is 1. The lowest BCUT2D eigenvalue weighted by Crippen LogP contribution is -2.51. The van der Waals surface area contributed by atoms with Crippen molar-refractivity contribution in [2.24, 2.45) is 17.3 Å². The first-order valence-corrected chi connectivity index (χ1v) is 10.8. The number of rotatable bonds is 8. The molecule has 0 saturated heterocycles. The molecule has 7 nitrogen and oxygen atoms in total. The third-order valence-electron chi connectivity index (χ3n) is 6.75. The second-order valence-electron chi connectivity index (χ2n) is 8.72. The highest BCUT2D eigenvalue weighted by Gasteiger charge is 2.52. The summed E-state index contributed by atoms with van der Waals surface area (Å²) in [5.41, 5.74) is 0.933. The van der Waals surface area contributed by atoms with E-state index in [4.69, 9.17) is 4.74 Å². The Morgan fingerprint density at radius 3 is 2.60 bits per heavy atom. The molecule has 0 bridgehead atoms. The summed E-state index contributed by atoms with van der Waals surface area (Å²) in [6.07, 6.45) is 3.63. The molecule has 1 saturated carbocycles. The van der Waals surface area contributed by atoms with Crippen LogP contribution in [-0.4, -0.2) is 42.8 Å². The van der Waals surface area contributed by atoms with Crippen LogP contribution in [0.2, 0.25) is 0 Å². The molecule has 2 N–H and O–H groups in total. The van der Waals surface area contributed by atoms with E-state index in [1.54, 1.807) is 4.90 Å². The summed E-state index contributed by atoms with van der Waals surface area (Å²) in [6.45, 7) is 4.18. The Kier molecular flexibility index (Phi) is 6.68.